The number of pyridine rings is 1. The first-order chi connectivity index (χ1) is 12.1. The third-order valence-corrected chi connectivity index (χ3v) is 4.52. The first-order valence-corrected chi connectivity index (χ1v) is 8.33. The zero-order valence-corrected chi connectivity index (χ0v) is 14.0. The third kappa shape index (κ3) is 3.13. The van der Waals surface area contributed by atoms with Gasteiger partial charge >= 0.3 is 0 Å². The van der Waals surface area contributed by atoms with Crippen LogP contribution in [0.1, 0.15) is 22.4 Å². The number of rotatable bonds is 3. The van der Waals surface area contributed by atoms with Crippen LogP contribution in [0.25, 0.3) is 5.82 Å². The summed E-state index contributed by atoms with van der Waals surface area (Å²) in [5, 5.41) is 3.18. The van der Waals surface area contributed by atoms with E-state index in [2.05, 4.69) is 15.0 Å². The van der Waals surface area contributed by atoms with Crippen LogP contribution < -0.4 is 5.56 Å². The fraction of sp³-hybridized carbons (Fsp3) is 0.263. The quantitative estimate of drug-likeness (QED) is 0.799. The molecule has 128 valence electrons. The first-order valence-electron chi connectivity index (χ1n) is 8.33. The van der Waals surface area contributed by atoms with Crippen LogP contribution in [0.2, 0.25) is 0 Å². The molecule has 5 nitrogen and oxygen atoms in total. The number of aromatic nitrogens is 3. The summed E-state index contributed by atoms with van der Waals surface area (Å²) in [6.45, 7) is 3.90. The summed E-state index contributed by atoms with van der Waals surface area (Å²) in [5.41, 5.74) is 3.51. The van der Waals surface area contributed by atoms with Crippen LogP contribution in [0.3, 0.4) is 0 Å². The summed E-state index contributed by atoms with van der Waals surface area (Å²) in [4.78, 5) is 19.1. The summed E-state index contributed by atoms with van der Waals surface area (Å²) in [7, 11) is 0. The molecule has 0 spiro atoms. The van der Waals surface area contributed by atoms with Crippen LogP contribution in [-0.2, 0) is 19.5 Å². The lowest BCUT2D eigenvalue weighted by Crippen LogP contribution is -2.32. The minimum atomic E-state index is -0.216. The van der Waals surface area contributed by atoms with E-state index >= 15 is 0 Å². The lowest BCUT2D eigenvalue weighted by atomic mass is 10.1. The number of benzene rings is 1. The Kier molecular flexibility index (Phi) is 3.97. The number of aromatic amines is 1. The van der Waals surface area contributed by atoms with Gasteiger partial charge in [-0.25, -0.2) is 14.1 Å². The summed E-state index contributed by atoms with van der Waals surface area (Å²) in [6.07, 6.45) is 2.43. The van der Waals surface area contributed by atoms with Gasteiger partial charge in [0.2, 0.25) is 0 Å². The van der Waals surface area contributed by atoms with Crippen LogP contribution in [0.15, 0.2) is 47.4 Å². The minimum absolute atomic E-state index is 0.0613. The van der Waals surface area contributed by atoms with Crippen LogP contribution in [0, 0.1) is 12.7 Å². The van der Waals surface area contributed by atoms with E-state index < -0.39 is 0 Å². The van der Waals surface area contributed by atoms with Gasteiger partial charge in [-0.2, -0.15) is 0 Å². The average Bonchev–Trinajstić information content (AvgIpc) is 2.91. The van der Waals surface area contributed by atoms with Gasteiger partial charge in [-0.15, -0.1) is 0 Å². The van der Waals surface area contributed by atoms with Crippen molar-refractivity contribution in [2.24, 2.45) is 0 Å². The highest BCUT2D eigenvalue weighted by atomic mass is 19.1. The van der Waals surface area contributed by atoms with Gasteiger partial charge in [0.25, 0.3) is 5.56 Å². The van der Waals surface area contributed by atoms with Gasteiger partial charge in [0, 0.05) is 37.9 Å². The number of H-pyrrole nitrogens is 1. The van der Waals surface area contributed by atoms with E-state index in [9.17, 15) is 9.18 Å². The minimum Gasteiger partial charge on any atom is -0.294 e. The highest BCUT2D eigenvalue weighted by molar-refractivity contribution is 5.28. The zero-order valence-electron chi connectivity index (χ0n) is 14.0. The van der Waals surface area contributed by atoms with Crippen LogP contribution in [0.5, 0.6) is 0 Å². The highest BCUT2D eigenvalue weighted by Gasteiger charge is 2.23. The Hall–Kier alpha value is -2.73. The molecule has 25 heavy (non-hydrogen) atoms. The lowest BCUT2D eigenvalue weighted by Gasteiger charge is -2.26. The number of halogens is 1. The van der Waals surface area contributed by atoms with E-state index in [1.807, 2.05) is 25.1 Å². The lowest BCUT2D eigenvalue weighted by molar-refractivity contribution is 0.243. The van der Waals surface area contributed by atoms with E-state index in [-0.39, 0.29) is 11.4 Å². The van der Waals surface area contributed by atoms with Gasteiger partial charge in [0.1, 0.15) is 5.82 Å². The Bertz CT molecular complexity index is 941. The van der Waals surface area contributed by atoms with E-state index in [0.717, 1.165) is 35.3 Å². The second-order valence-corrected chi connectivity index (χ2v) is 6.49. The largest absolute Gasteiger partial charge is 0.294 e. The Labute approximate surface area is 144 Å². The Balaban J connectivity index is 1.59. The van der Waals surface area contributed by atoms with Crippen molar-refractivity contribution in [3.8, 4) is 5.82 Å². The summed E-state index contributed by atoms with van der Waals surface area (Å²) in [5.74, 6) is 0.376. The predicted octanol–water partition coefficient (Wildman–Crippen LogP) is 2.57. The molecule has 3 aromatic rings. The molecule has 1 aliphatic rings. The SMILES string of the molecule is Cc1cc(F)cc(CN2CCc3[nH]n(-c4ccccn4)c(=O)c3C2)c1. The average molecular weight is 338 g/mol. The van der Waals surface area contributed by atoms with E-state index in [0.29, 0.717) is 18.9 Å². The molecular weight excluding hydrogens is 319 g/mol. The van der Waals surface area contributed by atoms with Gasteiger partial charge < -0.3 is 0 Å². The van der Waals surface area contributed by atoms with Gasteiger partial charge in [0.15, 0.2) is 5.82 Å². The molecule has 4 rings (SSSR count). The second kappa shape index (κ2) is 6.29. The fourth-order valence-electron chi connectivity index (χ4n) is 3.40. The number of hydrogen-bond donors (Lipinski definition) is 1. The van der Waals surface area contributed by atoms with Crippen molar-refractivity contribution in [1.29, 1.82) is 0 Å². The molecule has 2 aromatic heterocycles. The van der Waals surface area contributed by atoms with Crippen molar-refractivity contribution in [1.82, 2.24) is 19.7 Å². The Morgan fingerprint density at radius 3 is 2.92 bits per heavy atom. The van der Waals surface area contributed by atoms with Crippen molar-refractivity contribution in [3.63, 3.8) is 0 Å². The molecule has 1 N–H and O–H groups in total. The van der Waals surface area contributed by atoms with Crippen molar-refractivity contribution < 1.29 is 4.39 Å². The molecule has 0 amide bonds. The van der Waals surface area contributed by atoms with E-state index in [4.69, 9.17) is 0 Å². The molecule has 1 aromatic carbocycles. The maximum Gasteiger partial charge on any atom is 0.277 e. The van der Waals surface area contributed by atoms with Crippen molar-refractivity contribution >= 4 is 0 Å². The summed E-state index contributed by atoms with van der Waals surface area (Å²) < 4.78 is 15.1. The molecule has 3 heterocycles. The van der Waals surface area contributed by atoms with Crippen LogP contribution in [-0.4, -0.2) is 26.2 Å². The van der Waals surface area contributed by atoms with Crippen LogP contribution >= 0.6 is 0 Å². The zero-order chi connectivity index (χ0) is 17.4. The van der Waals surface area contributed by atoms with Crippen molar-refractivity contribution in [3.05, 3.63) is 81.2 Å². The molecule has 6 heteroatoms. The van der Waals surface area contributed by atoms with Gasteiger partial charge in [-0.05, 0) is 42.3 Å². The Morgan fingerprint density at radius 1 is 1.28 bits per heavy atom. The van der Waals surface area contributed by atoms with Crippen molar-refractivity contribution in [2.45, 2.75) is 26.4 Å². The normalized spacial score (nSPS) is 14.5. The van der Waals surface area contributed by atoms with Crippen molar-refractivity contribution in [2.75, 3.05) is 6.54 Å². The molecule has 0 radical (unpaired) electrons. The van der Waals surface area contributed by atoms with Gasteiger partial charge in [-0.1, -0.05) is 12.1 Å². The molecule has 0 aliphatic carbocycles. The molecule has 0 saturated heterocycles. The molecule has 0 bridgehead atoms. The predicted molar refractivity (Wildman–Crippen MR) is 93.1 cm³/mol. The van der Waals surface area contributed by atoms with E-state index in [1.54, 1.807) is 18.3 Å². The maximum absolute atomic E-state index is 13.6. The molecule has 0 atom stereocenters. The Morgan fingerprint density at radius 2 is 2.16 bits per heavy atom. The molecule has 0 fully saturated rings. The topological polar surface area (TPSA) is 53.9 Å². The van der Waals surface area contributed by atoms with Crippen LogP contribution in [0.4, 0.5) is 4.39 Å². The van der Waals surface area contributed by atoms with Gasteiger partial charge in [0.05, 0.1) is 5.56 Å². The second-order valence-electron chi connectivity index (χ2n) is 6.49. The number of nitrogens with one attached hydrogen (secondary N) is 1. The molecular formula is C19H19FN4O. The molecule has 1 aliphatic heterocycles. The van der Waals surface area contributed by atoms with Gasteiger partial charge in [-0.3, -0.25) is 14.8 Å². The monoisotopic (exact) mass is 338 g/mol. The fourth-order valence-corrected chi connectivity index (χ4v) is 3.40. The summed E-state index contributed by atoms with van der Waals surface area (Å²) in [6, 6.07) is 10.5. The first kappa shape index (κ1) is 15.8. The summed E-state index contributed by atoms with van der Waals surface area (Å²) >= 11 is 0. The number of aryl methyl sites for hydroxylation is 1. The molecule has 0 saturated carbocycles. The number of nitrogens with zero attached hydrogens (tertiary/aromatic N) is 3. The highest BCUT2D eigenvalue weighted by Crippen LogP contribution is 2.18. The standard InChI is InChI=1S/C19H19FN4O/c1-13-8-14(10-15(20)9-13)11-23-7-5-17-16(12-23)19(25)24(22-17)18-4-2-3-6-21-18/h2-4,6,8-10,22H,5,7,11-12H2,1H3. The molecule has 0 unspecified atom stereocenters. The smallest absolute Gasteiger partial charge is 0.277 e. The third-order valence-electron chi connectivity index (χ3n) is 4.52. The number of fused-ring (bicyclic) bond motifs is 1. The number of hydrogen-bond acceptors (Lipinski definition) is 3. The maximum atomic E-state index is 13.6. The van der Waals surface area contributed by atoms with E-state index in [1.165, 1.54) is 10.7 Å².